The van der Waals surface area contributed by atoms with Crippen LogP contribution in [0.3, 0.4) is 0 Å². The van der Waals surface area contributed by atoms with Crippen molar-refractivity contribution in [2.45, 2.75) is 25.1 Å². The smallest absolute Gasteiger partial charge is 0.339 e. The fourth-order valence-corrected chi connectivity index (χ4v) is 3.24. The van der Waals surface area contributed by atoms with E-state index in [0.717, 1.165) is 11.6 Å². The van der Waals surface area contributed by atoms with E-state index in [1.54, 1.807) is 6.07 Å². The van der Waals surface area contributed by atoms with E-state index < -0.39 is 11.7 Å². The lowest BCUT2D eigenvalue weighted by Gasteiger charge is -2.37. The lowest BCUT2D eigenvalue weighted by molar-refractivity contribution is -0.137. The van der Waals surface area contributed by atoms with Crippen molar-refractivity contribution in [3.8, 4) is 0 Å². The summed E-state index contributed by atoms with van der Waals surface area (Å²) in [5.41, 5.74) is 1.16. The molecule has 0 bridgehead atoms. The third-order valence-electron chi connectivity index (χ3n) is 4.66. The maximum atomic E-state index is 12.8. The van der Waals surface area contributed by atoms with Gasteiger partial charge in [0.2, 0.25) is 5.89 Å². The lowest BCUT2D eigenvalue weighted by Crippen LogP contribution is -2.44. The summed E-state index contributed by atoms with van der Waals surface area (Å²) in [5.74, 6) is 1.38. The second kappa shape index (κ2) is 7.15. The Balaban J connectivity index is 1.32. The third-order valence-corrected chi connectivity index (χ3v) is 4.66. The molecule has 1 fully saturated rings. The van der Waals surface area contributed by atoms with Gasteiger partial charge in [-0.15, -0.1) is 0 Å². The standard InChI is InChI=1S/C20H18F3N3O/c21-20(22,23)17-8-4-7-15(9-17)11-26-12-16(13-26)19-24-18(25-27-19)10-14-5-2-1-3-6-14/h1-9,16H,10-13H2. The molecule has 1 aromatic heterocycles. The van der Waals surface area contributed by atoms with E-state index in [4.69, 9.17) is 4.52 Å². The Morgan fingerprint density at radius 2 is 1.74 bits per heavy atom. The Kier molecular flexibility index (Phi) is 4.70. The number of likely N-dealkylation sites (tertiary alicyclic amines) is 1. The number of rotatable bonds is 5. The fourth-order valence-electron chi connectivity index (χ4n) is 3.24. The van der Waals surface area contributed by atoms with E-state index in [9.17, 15) is 13.2 Å². The van der Waals surface area contributed by atoms with Gasteiger partial charge in [0, 0.05) is 26.1 Å². The van der Waals surface area contributed by atoms with Crippen LogP contribution in [0.15, 0.2) is 59.1 Å². The van der Waals surface area contributed by atoms with Gasteiger partial charge in [0.15, 0.2) is 5.82 Å². The van der Waals surface area contributed by atoms with Crippen molar-refractivity contribution in [1.82, 2.24) is 15.0 Å². The number of benzene rings is 2. The highest BCUT2D eigenvalue weighted by Gasteiger charge is 2.34. The largest absolute Gasteiger partial charge is 0.416 e. The number of hydrogen-bond acceptors (Lipinski definition) is 4. The molecule has 0 saturated carbocycles. The molecule has 4 nitrogen and oxygen atoms in total. The van der Waals surface area contributed by atoms with Crippen LogP contribution in [0.4, 0.5) is 13.2 Å². The summed E-state index contributed by atoms with van der Waals surface area (Å²) in [4.78, 5) is 6.53. The summed E-state index contributed by atoms with van der Waals surface area (Å²) in [6, 6.07) is 15.4. The topological polar surface area (TPSA) is 42.2 Å². The van der Waals surface area contributed by atoms with Gasteiger partial charge in [0.1, 0.15) is 0 Å². The van der Waals surface area contributed by atoms with Crippen LogP contribution in [-0.4, -0.2) is 28.1 Å². The Morgan fingerprint density at radius 1 is 1.00 bits per heavy atom. The minimum atomic E-state index is -4.31. The highest BCUT2D eigenvalue weighted by Crippen LogP contribution is 2.31. The van der Waals surface area contributed by atoms with Crippen LogP contribution < -0.4 is 0 Å². The minimum absolute atomic E-state index is 0.132. The van der Waals surface area contributed by atoms with Gasteiger partial charge in [0.25, 0.3) is 0 Å². The van der Waals surface area contributed by atoms with Crippen molar-refractivity contribution in [1.29, 1.82) is 0 Å². The summed E-state index contributed by atoms with van der Waals surface area (Å²) >= 11 is 0. The Hall–Kier alpha value is -2.67. The van der Waals surface area contributed by atoms with Crippen molar-refractivity contribution >= 4 is 0 Å². The Bertz CT molecular complexity index is 902. The number of aromatic nitrogens is 2. The van der Waals surface area contributed by atoms with Crippen molar-refractivity contribution in [2.24, 2.45) is 0 Å². The zero-order valence-electron chi connectivity index (χ0n) is 14.5. The molecular weight excluding hydrogens is 355 g/mol. The van der Waals surface area contributed by atoms with Crippen LogP contribution in [0.5, 0.6) is 0 Å². The van der Waals surface area contributed by atoms with Crippen LogP contribution in [0.2, 0.25) is 0 Å². The van der Waals surface area contributed by atoms with E-state index in [-0.39, 0.29) is 5.92 Å². The molecule has 4 rings (SSSR count). The van der Waals surface area contributed by atoms with Crippen LogP contribution >= 0.6 is 0 Å². The molecule has 2 aromatic carbocycles. The molecule has 0 spiro atoms. The normalized spacial score (nSPS) is 15.7. The maximum absolute atomic E-state index is 12.8. The molecule has 1 aliphatic heterocycles. The number of alkyl halides is 3. The lowest BCUT2D eigenvalue weighted by atomic mass is 9.98. The summed E-state index contributed by atoms with van der Waals surface area (Å²) in [5, 5.41) is 4.03. The number of halogens is 3. The van der Waals surface area contributed by atoms with Crippen molar-refractivity contribution in [3.05, 3.63) is 83.0 Å². The van der Waals surface area contributed by atoms with E-state index in [1.807, 2.05) is 30.3 Å². The van der Waals surface area contributed by atoms with Crippen molar-refractivity contribution in [2.75, 3.05) is 13.1 Å². The quantitative estimate of drug-likeness (QED) is 0.670. The second-order valence-electron chi connectivity index (χ2n) is 6.80. The molecule has 140 valence electrons. The van der Waals surface area contributed by atoms with Crippen LogP contribution in [0.1, 0.15) is 34.3 Å². The number of nitrogens with zero attached hydrogens (tertiary/aromatic N) is 3. The monoisotopic (exact) mass is 373 g/mol. The molecular formula is C20H18F3N3O. The Morgan fingerprint density at radius 3 is 2.48 bits per heavy atom. The van der Waals surface area contributed by atoms with Gasteiger partial charge < -0.3 is 4.52 Å². The Labute approximate surface area is 154 Å². The minimum Gasteiger partial charge on any atom is -0.339 e. The van der Waals surface area contributed by atoms with Gasteiger partial charge in [-0.1, -0.05) is 53.7 Å². The van der Waals surface area contributed by atoms with E-state index in [1.165, 1.54) is 12.1 Å². The second-order valence-corrected chi connectivity index (χ2v) is 6.80. The van der Waals surface area contributed by atoms with Crippen LogP contribution in [0.25, 0.3) is 0 Å². The molecule has 0 unspecified atom stereocenters. The van der Waals surface area contributed by atoms with E-state index in [0.29, 0.717) is 43.3 Å². The molecule has 27 heavy (non-hydrogen) atoms. The fraction of sp³-hybridized carbons (Fsp3) is 0.300. The van der Waals surface area contributed by atoms with Gasteiger partial charge in [0.05, 0.1) is 11.5 Å². The van der Waals surface area contributed by atoms with Gasteiger partial charge >= 0.3 is 6.18 Å². The molecule has 0 amide bonds. The summed E-state index contributed by atoms with van der Waals surface area (Å²) in [7, 11) is 0. The molecule has 0 aliphatic carbocycles. The number of hydrogen-bond donors (Lipinski definition) is 0. The van der Waals surface area contributed by atoms with Crippen molar-refractivity contribution < 1.29 is 17.7 Å². The van der Waals surface area contributed by atoms with Gasteiger partial charge in [-0.2, -0.15) is 18.2 Å². The van der Waals surface area contributed by atoms with Crippen molar-refractivity contribution in [3.63, 3.8) is 0 Å². The molecule has 1 saturated heterocycles. The maximum Gasteiger partial charge on any atom is 0.416 e. The molecule has 2 heterocycles. The SMILES string of the molecule is FC(F)(F)c1cccc(CN2CC(c3nc(Cc4ccccc4)no3)C2)c1. The predicted octanol–water partition coefficient (Wildman–Crippen LogP) is 4.28. The molecule has 0 N–H and O–H groups in total. The molecule has 3 aromatic rings. The summed E-state index contributed by atoms with van der Waals surface area (Å²) < 4.78 is 43.8. The van der Waals surface area contributed by atoms with Crippen LogP contribution in [0, 0.1) is 0 Å². The average Bonchev–Trinajstić information content (AvgIpc) is 3.06. The highest BCUT2D eigenvalue weighted by molar-refractivity contribution is 5.26. The van der Waals surface area contributed by atoms with Gasteiger partial charge in [-0.05, 0) is 17.2 Å². The average molecular weight is 373 g/mol. The molecule has 0 atom stereocenters. The summed E-state index contributed by atoms with van der Waals surface area (Å²) in [6.07, 6.45) is -3.70. The van der Waals surface area contributed by atoms with E-state index >= 15 is 0 Å². The first-order valence-corrected chi connectivity index (χ1v) is 8.72. The molecule has 7 heteroatoms. The molecule has 1 aliphatic rings. The van der Waals surface area contributed by atoms with Gasteiger partial charge in [-0.25, -0.2) is 0 Å². The van der Waals surface area contributed by atoms with Gasteiger partial charge in [-0.3, -0.25) is 4.90 Å². The summed E-state index contributed by atoms with van der Waals surface area (Å²) in [6.45, 7) is 1.87. The van der Waals surface area contributed by atoms with E-state index in [2.05, 4.69) is 15.0 Å². The zero-order valence-corrected chi connectivity index (χ0v) is 14.5. The predicted molar refractivity (Wildman–Crippen MR) is 93.0 cm³/mol. The first kappa shape index (κ1) is 17.7. The third kappa shape index (κ3) is 4.19. The highest BCUT2D eigenvalue weighted by atomic mass is 19.4. The first-order chi connectivity index (χ1) is 13.0. The van der Waals surface area contributed by atoms with Crippen LogP contribution in [-0.2, 0) is 19.1 Å². The molecule has 0 radical (unpaired) electrons. The zero-order chi connectivity index (χ0) is 18.9. The first-order valence-electron chi connectivity index (χ1n) is 8.72.